The molecule has 1 aromatic heterocycles. The highest BCUT2D eigenvalue weighted by atomic mass is 35.5. The van der Waals surface area contributed by atoms with Gasteiger partial charge in [0.2, 0.25) is 0 Å². The molecule has 0 spiro atoms. The van der Waals surface area contributed by atoms with E-state index >= 15 is 0 Å². The molecule has 0 fully saturated rings. The summed E-state index contributed by atoms with van der Waals surface area (Å²) in [6.45, 7) is 1.92. The van der Waals surface area contributed by atoms with Crippen LogP contribution in [0, 0.1) is 6.92 Å². The number of halogens is 1. The fraction of sp³-hybridized carbons (Fsp3) is 0.0870. The van der Waals surface area contributed by atoms with Gasteiger partial charge in [-0.2, -0.15) is 4.98 Å². The lowest BCUT2D eigenvalue weighted by atomic mass is 9.99. The van der Waals surface area contributed by atoms with Crippen molar-refractivity contribution in [2.45, 2.75) is 18.2 Å². The van der Waals surface area contributed by atoms with Crippen LogP contribution in [-0.2, 0) is 16.4 Å². The average molecular weight is 439 g/mol. The first-order chi connectivity index (χ1) is 14.4. The summed E-state index contributed by atoms with van der Waals surface area (Å²) in [6.07, 6.45) is 2.90. The highest BCUT2D eigenvalue weighted by molar-refractivity contribution is 7.92. The van der Waals surface area contributed by atoms with Crippen LogP contribution in [0.2, 0.25) is 5.02 Å². The van der Waals surface area contributed by atoms with Crippen molar-refractivity contribution in [3.63, 3.8) is 0 Å². The fourth-order valence-corrected chi connectivity index (χ4v) is 4.61. The monoisotopic (exact) mass is 438 g/mol. The predicted octanol–water partition coefficient (Wildman–Crippen LogP) is 5.70. The molecule has 4 rings (SSSR count). The third-order valence-corrected chi connectivity index (χ3v) is 6.61. The van der Waals surface area contributed by atoms with Crippen LogP contribution in [0.5, 0.6) is 0 Å². The molecule has 0 saturated carbocycles. The van der Waals surface area contributed by atoms with Crippen molar-refractivity contribution in [1.29, 1.82) is 0 Å². The van der Waals surface area contributed by atoms with Gasteiger partial charge in [0.15, 0.2) is 12.2 Å². The molecule has 0 radical (unpaired) electrons. The van der Waals surface area contributed by atoms with Gasteiger partial charge in [0.1, 0.15) is 6.26 Å². The number of nitrogens with zero attached hydrogens (tertiary/aromatic N) is 1. The van der Waals surface area contributed by atoms with Gasteiger partial charge in [-0.3, -0.25) is 4.72 Å². The van der Waals surface area contributed by atoms with Crippen molar-refractivity contribution in [3.05, 3.63) is 101 Å². The fourth-order valence-electron chi connectivity index (χ4n) is 3.17. The van der Waals surface area contributed by atoms with Gasteiger partial charge in [-0.15, -0.1) is 0 Å². The van der Waals surface area contributed by atoms with Gasteiger partial charge in [-0.05, 0) is 53.3 Å². The molecule has 0 atom stereocenters. The molecular formula is C23H19ClN2O3S. The van der Waals surface area contributed by atoms with E-state index in [1.807, 2.05) is 67.6 Å². The number of oxazole rings is 1. The molecule has 0 saturated heterocycles. The number of anilines is 1. The maximum Gasteiger partial charge on any atom is 0.263 e. The smallest absolute Gasteiger partial charge is 0.263 e. The van der Waals surface area contributed by atoms with E-state index in [-0.39, 0.29) is 10.7 Å². The van der Waals surface area contributed by atoms with Crippen LogP contribution in [0.15, 0.2) is 88.7 Å². The second-order valence-electron chi connectivity index (χ2n) is 6.93. The number of hydrogen-bond acceptors (Lipinski definition) is 4. The molecule has 0 aliphatic carbocycles. The lowest BCUT2D eigenvalue weighted by molar-refractivity contribution is 0.558. The first-order valence-electron chi connectivity index (χ1n) is 9.27. The molecule has 5 nitrogen and oxygen atoms in total. The lowest BCUT2D eigenvalue weighted by Crippen LogP contribution is -2.15. The number of rotatable bonds is 6. The van der Waals surface area contributed by atoms with Gasteiger partial charge in [0.05, 0.1) is 4.90 Å². The largest absolute Gasteiger partial charge is 0.449 e. The van der Waals surface area contributed by atoms with Gasteiger partial charge in [0, 0.05) is 5.02 Å². The molecule has 0 bridgehead atoms. The molecule has 4 aromatic rings. The zero-order valence-corrected chi connectivity index (χ0v) is 17.7. The van der Waals surface area contributed by atoms with E-state index in [0.29, 0.717) is 17.0 Å². The molecule has 3 aromatic carbocycles. The van der Waals surface area contributed by atoms with Gasteiger partial charge in [-0.1, -0.05) is 66.2 Å². The van der Waals surface area contributed by atoms with Crippen LogP contribution < -0.4 is 4.72 Å². The van der Waals surface area contributed by atoms with Crippen LogP contribution in [0.3, 0.4) is 0 Å². The van der Waals surface area contributed by atoms with Crippen molar-refractivity contribution in [2.24, 2.45) is 0 Å². The lowest BCUT2D eigenvalue weighted by Gasteiger charge is -2.14. The molecule has 7 heteroatoms. The second kappa shape index (κ2) is 8.34. The summed E-state index contributed by atoms with van der Waals surface area (Å²) in [5.74, 6) is 0.129. The Morgan fingerprint density at radius 3 is 2.43 bits per heavy atom. The van der Waals surface area contributed by atoms with E-state index < -0.39 is 10.0 Å². The number of aromatic nitrogens is 1. The molecule has 0 aliphatic rings. The first-order valence-corrected chi connectivity index (χ1v) is 11.1. The van der Waals surface area contributed by atoms with Crippen molar-refractivity contribution in [1.82, 2.24) is 4.98 Å². The Morgan fingerprint density at radius 2 is 1.73 bits per heavy atom. The Labute approximate surface area is 180 Å². The van der Waals surface area contributed by atoms with Gasteiger partial charge in [-0.25, -0.2) is 8.42 Å². The normalized spacial score (nSPS) is 11.4. The topological polar surface area (TPSA) is 72.2 Å². The number of nitrogens with one attached hydrogen (secondary N) is 1. The van der Waals surface area contributed by atoms with Crippen molar-refractivity contribution in [2.75, 3.05) is 4.72 Å². The van der Waals surface area contributed by atoms with Crippen LogP contribution in [0.1, 0.15) is 16.7 Å². The summed E-state index contributed by atoms with van der Waals surface area (Å²) in [5, 5.41) is 0.631. The number of sulfonamides is 1. The molecular weight excluding hydrogens is 420 g/mol. The van der Waals surface area contributed by atoms with Crippen LogP contribution >= 0.6 is 11.6 Å². The van der Waals surface area contributed by atoms with E-state index in [0.717, 1.165) is 22.3 Å². The Morgan fingerprint density at radius 1 is 1.00 bits per heavy atom. The zero-order valence-electron chi connectivity index (χ0n) is 16.2. The number of benzene rings is 3. The van der Waals surface area contributed by atoms with Crippen LogP contribution in [0.4, 0.5) is 5.82 Å². The predicted molar refractivity (Wildman–Crippen MR) is 118 cm³/mol. The Bertz CT molecular complexity index is 1270. The molecule has 0 aliphatic heterocycles. The third kappa shape index (κ3) is 4.40. The molecule has 1 N–H and O–H groups in total. The van der Waals surface area contributed by atoms with Crippen molar-refractivity contribution < 1.29 is 12.8 Å². The quantitative estimate of drug-likeness (QED) is 0.419. The van der Waals surface area contributed by atoms with E-state index in [9.17, 15) is 8.42 Å². The summed E-state index contributed by atoms with van der Waals surface area (Å²) in [5.41, 5.74) is 4.26. The molecule has 1 heterocycles. The highest BCUT2D eigenvalue weighted by Crippen LogP contribution is 2.30. The van der Waals surface area contributed by atoms with Gasteiger partial charge in [0.25, 0.3) is 10.0 Å². The number of aryl methyl sites for hydroxylation is 1. The van der Waals surface area contributed by atoms with Gasteiger partial charge >= 0.3 is 0 Å². The zero-order chi connectivity index (χ0) is 21.1. The van der Waals surface area contributed by atoms with E-state index in [2.05, 4.69) is 9.71 Å². The number of hydrogen-bond donors (Lipinski definition) is 1. The van der Waals surface area contributed by atoms with E-state index in [1.165, 1.54) is 12.7 Å². The maximum absolute atomic E-state index is 13.2. The van der Waals surface area contributed by atoms with Crippen molar-refractivity contribution >= 4 is 27.4 Å². The summed E-state index contributed by atoms with van der Waals surface area (Å²) in [4.78, 5) is 4.05. The van der Waals surface area contributed by atoms with Crippen LogP contribution in [0.25, 0.3) is 11.1 Å². The minimum Gasteiger partial charge on any atom is -0.449 e. The van der Waals surface area contributed by atoms with E-state index in [4.69, 9.17) is 16.0 Å². The Kier molecular flexibility index (Phi) is 5.61. The SMILES string of the molecule is Cc1ccc(-c2ccc(Cc3ccccc3)c(S(=O)(=O)Nc3cocn3)c2)cc1Cl. The minimum absolute atomic E-state index is 0.129. The third-order valence-electron chi connectivity index (χ3n) is 4.77. The molecule has 152 valence electrons. The second-order valence-corrected chi connectivity index (χ2v) is 8.99. The average Bonchev–Trinajstić information content (AvgIpc) is 3.23. The molecule has 30 heavy (non-hydrogen) atoms. The molecule has 0 unspecified atom stereocenters. The highest BCUT2D eigenvalue weighted by Gasteiger charge is 2.21. The molecule has 0 amide bonds. The summed E-state index contributed by atoms with van der Waals surface area (Å²) in [6, 6.07) is 20.8. The summed E-state index contributed by atoms with van der Waals surface area (Å²) >= 11 is 6.28. The Balaban J connectivity index is 1.80. The van der Waals surface area contributed by atoms with Crippen LogP contribution in [-0.4, -0.2) is 13.4 Å². The maximum atomic E-state index is 13.2. The summed E-state index contributed by atoms with van der Waals surface area (Å²) in [7, 11) is -3.89. The van der Waals surface area contributed by atoms with Crippen molar-refractivity contribution in [3.8, 4) is 11.1 Å². The summed E-state index contributed by atoms with van der Waals surface area (Å²) < 4.78 is 33.8. The van der Waals surface area contributed by atoms with E-state index in [1.54, 1.807) is 6.07 Å². The Hall–Kier alpha value is -3.09. The van der Waals surface area contributed by atoms with Gasteiger partial charge < -0.3 is 4.42 Å². The standard InChI is InChI=1S/C23H19ClN2O3S/c1-16-7-8-18(12-21(16)24)19-9-10-20(11-17-5-3-2-4-6-17)22(13-19)30(27,28)26-23-14-29-15-25-23/h2-10,12-15,26H,11H2,1H3. The first kappa shape index (κ1) is 20.2. The minimum atomic E-state index is -3.89.